The normalized spacial score (nSPS) is 14.3. The lowest BCUT2D eigenvalue weighted by atomic mass is 9.94. The molecule has 0 unspecified atom stereocenters. The maximum atomic E-state index is 2.29. The topological polar surface area (TPSA) is 0 Å². The molecule has 2 aromatic carbocycles. The molecular formula is C18H16. The molecule has 0 saturated carbocycles. The van der Waals surface area contributed by atoms with Gasteiger partial charge in [-0.15, -0.1) is 0 Å². The first kappa shape index (κ1) is 11.0. The maximum Gasteiger partial charge on any atom is -0.0178 e. The van der Waals surface area contributed by atoms with E-state index in [0.29, 0.717) is 0 Å². The van der Waals surface area contributed by atoms with Crippen molar-refractivity contribution in [3.63, 3.8) is 0 Å². The van der Waals surface area contributed by atoms with Gasteiger partial charge in [0.05, 0.1) is 0 Å². The third-order valence-corrected chi connectivity index (χ3v) is 3.35. The van der Waals surface area contributed by atoms with E-state index in [1.54, 1.807) is 0 Å². The van der Waals surface area contributed by atoms with Crippen molar-refractivity contribution in [3.8, 4) is 11.1 Å². The molecule has 18 heavy (non-hydrogen) atoms. The summed E-state index contributed by atoms with van der Waals surface area (Å²) in [5, 5.41) is 0. The van der Waals surface area contributed by atoms with Gasteiger partial charge in [0, 0.05) is 0 Å². The van der Waals surface area contributed by atoms with Crippen molar-refractivity contribution in [2.24, 2.45) is 0 Å². The minimum absolute atomic E-state index is 1.15. The van der Waals surface area contributed by atoms with Gasteiger partial charge in [0.25, 0.3) is 0 Å². The van der Waals surface area contributed by atoms with E-state index in [9.17, 15) is 0 Å². The summed E-state index contributed by atoms with van der Waals surface area (Å²) in [7, 11) is 0. The van der Waals surface area contributed by atoms with Gasteiger partial charge in [-0.2, -0.15) is 0 Å². The summed E-state index contributed by atoms with van der Waals surface area (Å²) in [4.78, 5) is 0. The van der Waals surface area contributed by atoms with E-state index in [2.05, 4.69) is 72.8 Å². The van der Waals surface area contributed by atoms with Gasteiger partial charge in [0.15, 0.2) is 0 Å². The molecule has 0 nitrogen and oxygen atoms in total. The Bertz CT molecular complexity index is 588. The van der Waals surface area contributed by atoms with Gasteiger partial charge in [-0.25, -0.2) is 0 Å². The highest BCUT2D eigenvalue weighted by molar-refractivity contribution is 5.74. The molecule has 0 aliphatic heterocycles. The van der Waals surface area contributed by atoms with Crippen LogP contribution < -0.4 is 0 Å². The molecule has 0 saturated heterocycles. The number of hydrogen-bond acceptors (Lipinski definition) is 0. The largest absolute Gasteiger partial charge is 0.0842 e. The number of rotatable bonds is 2. The predicted molar refractivity (Wildman–Crippen MR) is 78.2 cm³/mol. The van der Waals surface area contributed by atoms with E-state index in [4.69, 9.17) is 0 Å². The van der Waals surface area contributed by atoms with Crippen LogP contribution in [0.5, 0.6) is 0 Å². The maximum absolute atomic E-state index is 2.29. The molecule has 3 rings (SSSR count). The summed E-state index contributed by atoms with van der Waals surface area (Å²) in [5.74, 6) is 0. The fourth-order valence-electron chi connectivity index (χ4n) is 2.37. The standard InChI is InChI=1S/C18H16/c1-3-8-15(9-4-1)17-12-7-13-18(14-17)16-10-5-2-6-11-16/h1-5,7-10,12-14H,6,11H2. The third-order valence-electron chi connectivity index (χ3n) is 3.35. The van der Waals surface area contributed by atoms with Crippen LogP contribution in [0, 0.1) is 0 Å². The lowest BCUT2D eigenvalue weighted by Crippen LogP contribution is -1.88. The monoisotopic (exact) mass is 232 g/mol. The zero-order valence-electron chi connectivity index (χ0n) is 10.3. The van der Waals surface area contributed by atoms with Gasteiger partial charge < -0.3 is 0 Å². The molecule has 0 N–H and O–H groups in total. The molecule has 0 heterocycles. The Kier molecular flexibility index (Phi) is 3.10. The Morgan fingerprint density at radius 3 is 2.28 bits per heavy atom. The Morgan fingerprint density at radius 2 is 1.50 bits per heavy atom. The average Bonchev–Trinajstić information content (AvgIpc) is 2.49. The Labute approximate surface area is 108 Å². The fraction of sp³-hybridized carbons (Fsp3) is 0.111. The van der Waals surface area contributed by atoms with E-state index in [1.807, 2.05) is 0 Å². The van der Waals surface area contributed by atoms with Crippen molar-refractivity contribution in [3.05, 3.63) is 78.4 Å². The van der Waals surface area contributed by atoms with Crippen LogP contribution in [0.4, 0.5) is 0 Å². The molecule has 0 amide bonds. The first-order chi connectivity index (χ1) is 8.93. The van der Waals surface area contributed by atoms with Crippen molar-refractivity contribution in [2.45, 2.75) is 12.8 Å². The van der Waals surface area contributed by atoms with Crippen LogP contribution in [0.1, 0.15) is 18.4 Å². The van der Waals surface area contributed by atoms with Crippen molar-refractivity contribution < 1.29 is 0 Å². The van der Waals surface area contributed by atoms with Crippen LogP contribution in [-0.4, -0.2) is 0 Å². The summed E-state index contributed by atoms with van der Waals surface area (Å²) in [5.41, 5.74) is 5.37. The first-order valence-electron chi connectivity index (χ1n) is 6.45. The van der Waals surface area contributed by atoms with E-state index in [0.717, 1.165) is 12.8 Å². The Morgan fingerprint density at radius 1 is 0.722 bits per heavy atom. The van der Waals surface area contributed by atoms with Gasteiger partial charge in [0.2, 0.25) is 0 Å². The van der Waals surface area contributed by atoms with Crippen LogP contribution in [-0.2, 0) is 0 Å². The molecule has 0 aromatic heterocycles. The smallest absolute Gasteiger partial charge is 0.0178 e. The quantitative estimate of drug-likeness (QED) is 0.676. The second-order valence-corrected chi connectivity index (χ2v) is 4.61. The lowest BCUT2D eigenvalue weighted by Gasteiger charge is -2.11. The molecule has 0 bridgehead atoms. The second-order valence-electron chi connectivity index (χ2n) is 4.61. The lowest BCUT2D eigenvalue weighted by molar-refractivity contribution is 1.05. The van der Waals surface area contributed by atoms with Gasteiger partial charge >= 0.3 is 0 Å². The highest BCUT2D eigenvalue weighted by Gasteiger charge is 2.04. The summed E-state index contributed by atoms with van der Waals surface area (Å²) < 4.78 is 0. The van der Waals surface area contributed by atoms with Crippen LogP contribution in [0.3, 0.4) is 0 Å². The zero-order valence-corrected chi connectivity index (χ0v) is 10.3. The van der Waals surface area contributed by atoms with Gasteiger partial charge in [0.1, 0.15) is 0 Å². The SMILES string of the molecule is C1=CCCC(c2cccc(-c3ccccc3)c2)=C1. The molecule has 2 aromatic rings. The average molecular weight is 232 g/mol. The number of benzene rings is 2. The summed E-state index contributed by atoms with van der Waals surface area (Å²) in [6, 6.07) is 19.4. The van der Waals surface area contributed by atoms with Crippen LogP contribution in [0.2, 0.25) is 0 Å². The summed E-state index contributed by atoms with van der Waals surface area (Å²) in [6.45, 7) is 0. The van der Waals surface area contributed by atoms with Crippen molar-refractivity contribution in [1.82, 2.24) is 0 Å². The predicted octanol–water partition coefficient (Wildman–Crippen LogP) is 5.09. The van der Waals surface area contributed by atoms with Crippen LogP contribution in [0.25, 0.3) is 16.7 Å². The van der Waals surface area contributed by atoms with Crippen LogP contribution >= 0.6 is 0 Å². The highest BCUT2D eigenvalue weighted by atomic mass is 14.1. The minimum atomic E-state index is 1.15. The van der Waals surface area contributed by atoms with Gasteiger partial charge in [-0.3, -0.25) is 0 Å². The summed E-state index contributed by atoms with van der Waals surface area (Å²) in [6.07, 6.45) is 8.92. The molecule has 1 aliphatic rings. The fourth-order valence-corrected chi connectivity index (χ4v) is 2.37. The van der Waals surface area contributed by atoms with Crippen molar-refractivity contribution in [1.29, 1.82) is 0 Å². The molecule has 88 valence electrons. The van der Waals surface area contributed by atoms with Crippen molar-refractivity contribution in [2.75, 3.05) is 0 Å². The Balaban J connectivity index is 1.99. The molecule has 0 radical (unpaired) electrons. The molecule has 1 aliphatic carbocycles. The first-order valence-corrected chi connectivity index (χ1v) is 6.45. The van der Waals surface area contributed by atoms with Gasteiger partial charge in [-0.05, 0) is 41.2 Å². The molecule has 0 fully saturated rings. The minimum Gasteiger partial charge on any atom is -0.0842 e. The number of allylic oxidation sites excluding steroid dienone is 4. The number of hydrogen-bond donors (Lipinski definition) is 0. The molecule has 0 atom stereocenters. The van der Waals surface area contributed by atoms with E-state index < -0.39 is 0 Å². The van der Waals surface area contributed by atoms with Gasteiger partial charge in [-0.1, -0.05) is 66.8 Å². The second kappa shape index (κ2) is 5.05. The summed E-state index contributed by atoms with van der Waals surface area (Å²) >= 11 is 0. The zero-order chi connectivity index (χ0) is 12.2. The van der Waals surface area contributed by atoms with Crippen LogP contribution in [0.15, 0.2) is 72.8 Å². The van der Waals surface area contributed by atoms with E-state index in [1.165, 1.54) is 22.3 Å². The molecule has 0 spiro atoms. The van der Waals surface area contributed by atoms with Crippen molar-refractivity contribution >= 4 is 5.57 Å². The third kappa shape index (κ3) is 2.28. The van der Waals surface area contributed by atoms with E-state index >= 15 is 0 Å². The molecule has 0 heteroatoms. The molecular weight excluding hydrogens is 216 g/mol. The Hall–Kier alpha value is -2.08. The highest BCUT2D eigenvalue weighted by Crippen LogP contribution is 2.27. The van der Waals surface area contributed by atoms with E-state index in [-0.39, 0.29) is 0 Å².